The summed E-state index contributed by atoms with van der Waals surface area (Å²) in [4.78, 5) is 12.7. The number of carbonyl (C=O) groups excluding carboxylic acids is 1. The number of aliphatic hydroxyl groups is 1. The molecule has 5 fully saturated rings. The Morgan fingerprint density at radius 1 is 1.35 bits per heavy atom. The largest absolute Gasteiger partial charge is 0.472 e. The lowest BCUT2D eigenvalue weighted by atomic mass is 9.41. The summed E-state index contributed by atoms with van der Waals surface area (Å²) in [6, 6.07) is 1.84. The highest BCUT2D eigenvalue weighted by molar-refractivity contribution is 5.87. The molecule has 0 amide bonds. The van der Waals surface area contributed by atoms with Gasteiger partial charge < -0.3 is 23.7 Å². The highest BCUT2D eigenvalue weighted by Gasteiger charge is 2.79. The Hall–Kier alpha value is -1.63. The van der Waals surface area contributed by atoms with Crippen LogP contribution in [0.2, 0.25) is 0 Å². The molecule has 0 spiro atoms. The predicted octanol–water partition coefficient (Wildman–Crippen LogP) is 4.54. The first-order chi connectivity index (χ1) is 14.7. The van der Waals surface area contributed by atoms with E-state index in [1.54, 1.807) is 25.5 Å². The zero-order valence-corrected chi connectivity index (χ0v) is 19.1. The number of epoxide rings is 1. The summed E-state index contributed by atoms with van der Waals surface area (Å²) >= 11 is 0. The molecule has 0 radical (unpaired) electrons. The second-order valence-electron chi connectivity index (χ2n) is 10.5. The van der Waals surface area contributed by atoms with Gasteiger partial charge in [-0.15, -0.1) is 0 Å². The highest BCUT2D eigenvalue weighted by atomic mass is 16.6. The van der Waals surface area contributed by atoms with E-state index in [1.165, 1.54) is 0 Å². The molecule has 1 aromatic heterocycles. The molecule has 1 N–H and O–H groups in total. The molecule has 31 heavy (non-hydrogen) atoms. The van der Waals surface area contributed by atoms with Gasteiger partial charge in [0.25, 0.3) is 0 Å². The average molecular weight is 431 g/mol. The van der Waals surface area contributed by atoms with Crippen molar-refractivity contribution in [2.45, 2.75) is 90.5 Å². The van der Waals surface area contributed by atoms with Gasteiger partial charge in [0, 0.05) is 22.0 Å². The minimum absolute atomic E-state index is 0.0279. The second-order valence-corrected chi connectivity index (χ2v) is 10.5. The van der Waals surface area contributed by atoms with Gasteiger partial charge in [0.15, 0.2) is 6.29 Å². The number of allylic oxidation sites excluding steroid dienone is 1. The van der Waals surface area contributed by atoms with Crippen molar-refractivity contribution in [2.24, 2.45) is 22.7 Å². The van der Waals surface area contributed by atoms with E-state index in [1.807, 2.05) is 13.0 Å². The maximum Gasteiger partial charge on any atom is 0.333 e. The maximum atomic E-state index is 12.7. The van der Waals surface area contributed by atoms with Crippen molar-refractivity contribution in [3.63, 3.8) is 0 Å². The average Bonchev–Trinajstić information content (AvgIpc) is 3.16. The van der Waals surface area contributed by atoms with Crippen LogP contribution >= 0.6 is 0 Å². The smallest absolute Gasteiger partial charge is 0.333 e. The molecule has 3 aliphatic heterocycles. The lowest BCUT2D eigenvalue weighted by Crippen LogP contribution is -2.72. The van der Waals surface area contributed by atoms with Crippen LogP contribution in [0, 0.1) is 22.7 Å². The summed E-state index contributed by atoms with van der Waals surface area (Å²) in [6.07, 6.45) is 7.16. The summed E-state index contributed by atoms with van der Waals surface area (Å²) in [7, 11) is 0. The fraction of sp³-hybridized carbons (Fsp3) is 0.720. The van der Waals surface area contributed by atoms with Crippen molar-refractivity contribution in [3.05, 3.63) is 35.8 Å². The van der Waals surface area contributed by atoms with Crippen molar-refractivity contribution >= 4 is 5.97 Å². The first-order valence-corrected chi connectivity index (χ1v) is 11.6. The molecule has 6 heteroatoms. The zero-order valence-electron chi connectivity index (χ0n) is 19.1. The number of hydrogen-bond donors (Lipinski definition) is 1. The molecule has 2 bridgehead atoms. The van der Waals surface area contributed by atoms with Gasteiger partial charge in [0.2, 0.25) is 0 Å². The van der Waals surface area contributed by atoms with Gasteiger partial charge in [0.05, 0.1) is 24.7 Å². The molecule has 5 aliphatic rings. The summed E-state index contributed by atoms with van der Waals surface area (Å²) in [5.41, 5.74) is 0.451. The highest BCUT2D eigenvalue weighted by Crippen LogP contribution is 2.74. The van der Waals surface area contributed by atoms with Crippen LogP contribution in [0.3, 0.4) is 0 Å². The molecule has 0 aromatic carbocycles. The van der Waals surface area contributed by atoms with Crippen molar-refractivity contribution in [1.29, 1.82) is 0 Å². The van der Waals surface area contributed by atoms with E-state index in [-0.39, 0.29) is 41.0 Å². The number of aliphatic hydroxyl groups excluding tert-OH is 1. The fourth-order valence-electron chi connectivity index (χ4n) is 7.22. The Morgan fingerprint density at radius 3 is 2.77 bits per heavy atom. The van der Waals surface area contributed by atoms with Gasteiger partial charge in [-0.2, -0.15) is 0 Å². The van der Waals surface area contributed by atoms with Crippen molar-refractivity contribution in [1.82, 2.24) is 0 Å². The molecular weight excluding hydrogens is 396 g/mol. The second kappa shape index (κ2) is 6.93. The molecule has 2 aliphatic carbocycles. The lowest BCUT2D eigenvalue weighted by Gasteiger charge is -2.68. The third kappa shape index (κ3) is 2.71. The van der Waals surface area contributed by atoms with Crippen LogP contribution in [0.4, 0.5) is 0 Å². The lowest BCUT2D eigenvalue weighted by molar-refractivity contribution is -0.368. The molecule has 4 heterocycles. The van der Waals surface area contributed by atoms with Gasteiger partial charge in [-0.05, 0) is 64.4 Å². The number of furan rings is 1. The molecule has 3 saturated heterocycles. The number of rotatable bonds is 5. The van der Waals surface area contributed by atoms with E-state index in [9.17, 15) is 9.90 Å². The Bertz CT molecular complexity index is 878. The van der Waals surface area contributed by atoms with Gasteiger partial charge in [-0.25, -0.2) is 4.79 Å². The third-order valence-electron chi connectivity index (χ3n) is 9.47. The van der Waals surface area contributed by atoms with E-state index in [2.05, 4.69) is 20.8 Å². The number of carbonyl (C=O) groups is 1. The Morgan fingerprint density at radius 2 is 2.13 bits per heavy atom. The quantitative estimate of drug-likeness (QED) is 0.420. The molecule has 6 nitrogen and oxygen atoms in total. The van der Waals surface area contributed by atoms with Crippen LogP contribution in [0.25, 0.3) is 0 Å². The minimum atomic E-state index is -0.894. The van der Waals surface area contributed by atoms with E-state index in [0.29, 0.717) is 12.0 Å². The van der Waals surface area contributed by atoms with E-state index >= 15 is 0 Å². The molecular formula is C25H34O6. The van der Waals surface area contributed by atoms with Crippen LogP contribution in [-0.4, -0.2) is 35.2 Å². The van der Waals surface area contributed by atoms with Crippen LogP contribution in [0.15, 0.2) is 34.7 Å². The Balaban J connectivity index is 1.55. The number of esters is 1. The van der Waals surface area contributed by atoms with E-state index in [0.717, 1.165) is 24.8 Å². The van der Waals surface area contributed by atoms with Gasteiger partial charge in [-0.3, -0.25) is 0 Å². The van der Waals surface area contributed by atoms with Crippen molar-refractivity contribution < 1.29 is 28.5 Å². The van der Waals surface area contributed by atoms with Gasteiger partial charge in [-0.1, -0.05) is 19.9 Å². The van der Waals surface area contributed by atoms with Gasteiger partial charge in [0.1, 0.15) is 11.7 Å². The standard InChI is InChI=1S/C25H34O6/c1-6-14(2)21(26)29-17(16-9-10-28-13-16)12-25-15(3)11-20(30-22(25)27)23(4)18(25)7-8-19-24(23,5)31-19/h6,9-10,13,15,17-20,22,27H,7-8,11-12H2,1-5H3. The van der Waals surface area contributed by atoms with Crippen LogP contribution < -0.4 is 0 Å². The van der Waals surface area contributed by atoms with Gasteiger partial charge >= 0.3 is 5.97 Å². The normalized spacial score (nSPS) is 46.8. The number of fused-ring (bicyclic) bond motifs is 3. The fourth-order valence-corrected chi connectivity index (χ4v) is 7.22. The van der Waals surface area contributed by atoms with Crippen molar-refractivity contribution in [3.8, 4) is 0 Å². The molecule has 1 aromatic rings. The van der Waals surface area contributed by atoms with Crippen LogP contribution in [-0.2, 0) is 19.0 Å². The zero-order chi connectivity index (χ0) is 22.2. The first-order valence-electron chi connectivity index (χ1n) is 11.6. The topological polar surface area (TPSA) is 81.4 Å². The molecule has 9 unspecified atom stereocenters. The van der Waals surface area contributed by atoms with E-state index < -0.39 is 17.8 Å². The van der Waals surface area contributed by atoms with Crippen LogP contribution in [0.1, 0.15) is 72.0 Å². The van der Waals surface area contributed by atoms with Crippen LogP contribution in [0.5, 0.6) is 0 Å². The Kier molecular flexibility index (Phi) is 4.75. The third-order valence-corrected chi connectivity index (χ3v) is 9.47. The summed E-state index contributed by atoms with van der Waals surface area (Å²) < 4.78 is 23.8. The maximum absolute atomic E-state index is 12.7. The molecule has 170 valence electrons. The molecule has 9 atom stereocenters. The Labute approximate surface area is 183 Å². The molecule has 2 saturated carbocycles. The summed E-state index contributed by atoms with van der Waals surface area (Å²) in [6.45, 7) is 10.3. The predicted molar refractivity (Wildman–Crippen MR) is 113 cm³/mol. The summed E-state index contributed by atoms with van der Waals surface area (Å²) in [5, 5.41) is 11.4. The van der Waals surface area contributed by atoms with Crippen molar-refractivity contribution in [2.75, 3.05) is 0 Å². The summed E-state index contributed by atoms with van der Waals surface area (Å²) in [5.74, 6) is 0.105. The monoisotopic (exact) mass is 430 g/mol. The SMILES string of the molecule is CC=C(C)C(=O)OC(CC12C(C)CC(OC1O)C1(C)C2CCC2OC21C)c1ccoc1. The minimum Gasteiger partial charge on any atom is -0.472 e. The number of ether oxygens (including phenoxy) is 3. The number of hydrogen-bond acceptors (Lipinski definition) is 6. The first kappa shape index (κ1) is 21.2. The van der Waals surface area contributed by atoms with E-state index in [4.69, 9.17) is 18.6 Å². The molecule has 6 rings (SSSR count).